The van der Waals surface area contributed by atoms with Gasteiger partial charge in [-0.3, -0.25) is 0 Å². The Labute approximate surface area is 73.5 Å². The molecule has 0 fully saturated rings. The van der Waals surface area contributed by atoms with Crippen molar-refractivity contribution in [2.45, 2.75) is 13.8 Å². The van der Waals surface area contributed by atoms with E-state index in [1.165, 1.54) is 6.92 Å². The molecule has 11 heavy (non-hydrogen) atoms. The molecule has 0 rings (SSSR count). The monoisotopic (exact) mass is 224 g/mol. The molecular weight excluding hydrogens is 215 g/mol. The molecule has 0 aliphatic carbocycles. The largest absolute Gasteiger partial charge is 0.461 e. The zero-order valence-corrected chi connectivity index (χ0v) is 8.07. The second-order valence-corrected chi connectivity index (χ2v) is 2.51. The van der Waals surface area contributed by atoms with Crippen LogP contribution in [0.15, 0.2) is 11.4 Å². The van der Waals surface area contributed by atoms with Gasteiger partial charge in [0.05, 0.1) is 6.61 Å². The van der Waals surface area contributed by atoms with Gasteiger partial charge in [-0.05, 0) is 19.4 Å². The van der Waals surface area contributed by atoms with Crippen LogP contribution >= 0.6 is 15.9 Å². The van der Waals surface area contributed by atoms with Crippen molar-refractivity contribution in [2.75, 3.05) is 11.9 Å². The molecule has 2 nitrogen and oxygen atoms in total. The average molecular weight is 225 g/mol. The Morgan fingerprint density at radius 1 is 1.64 bits per heavy atom. The van der Waals surface area contributed by atoms with Crippen LogP contribution < -0.4 is 0 Å². The highest BCUT2D eigenvalue weighted by Gasteiger charge is 2.11. The van der Waals surface area contributed by atoms with Crippen molar-refractivity contribution >= 4 is 21.9 Å². The number of esters is 1. The first kappa shape index (κ1) is 10.6. The van der Waals surface area contributed by atoms with Crippen LogP contribution in [0.1, 0.15) is 13.8 Å². The van der Waals surface area contributed by atoms with Gasteiger partial charge in [0.15, 0.2) is 0 Å². The maximum atomic E-state index is 12.8. The fourth-order valence-electron chi connectivity index (χ4n) is 0.427. The van der Waals surface area contributed by atoms with Crippen LogP contribution in [0.25, 0.3) is 0 Å². The van der Waals surface area contributed by atoms with E-state index in [0.717, 1.165) is 0 Å². The van der Waals surface area contributed by atoms with Crippen molar-refractivity contribution < 1.29 is 13.9 Å². The number of ether oxygens (including phenoxy) is 1. The number of allylic oxidation sites excluding steroid dienone is 1. The van der Waals surface area contributed by atoms with Gasteiger partial charge in [-0.1, -0.05) is 15.9 Å². The summed E-state index contributed by atoms with van der Waals surface area (Å²) >= 11 is 3.03. The quantitative estimate of drug-likeness (QED) is 0.418. The molecule has 0 bridgehead atoms. The number of halogens is 2. The highest BCUT2D eigenvalue weighted by Crippen LogP contribution is 2.09. The maximum absolute atomic E-state index is 12.8. The summed E-state index contributed by atoms with van der Waals surface area (Å²) in [7, 11) is 0. The molecule has 0 N–H and O–H groups in total. The molecule has 0 aliphatic heterocycles. The molecule has 0 aromatic rings. The molecule has 64 valence electrons. The van der Waals surface area contributed by atoms with Gasteiger partial charge in [0, 0.05) is 5.33 Å². The lowest BCUT2D eigenvalue weighted by molar-refractivity contribution is -0.140. The van der Waals surface area contributed by atoms with E-state index in [2.05, 4.69) is 20.7 Å². The Kier molecular flexibility index (Phi) is 5.11. The Morgan fingerprint density at radius 3 is 2.55 bits per heavy atom. The topological polar surface area (TPSA) is 26.3 Å². The highest BCUT2D eigenvalue weighted by atomic mass is 79.9. The van der Waals surface area contributed by atoms with E-state index in [0.29, 0.717) is 10.9 Å². The second-order valence-electron chi connectivity index (χ2n) is 1.95. The zero-order chi connectivity index (χ0) is 8.85. The molecule has 0 aromatic heterocycles. The standard InChI is InChI=1S/C7H10BrFO2/c1-3-11-7(10)6(9)5(2)4-8/h3-4H2,1-2H3/b6-5+. The third-order valence-corrected chi connectivity index (χ3v) is 1.87. The van der Waals surface area contributed by atoms with Crippen LogP contribution in [-0.4, -0.2) is 17.9 Å². The summed E-state index contributed by atoms with van der Waals surface area (Å²) in [5, 5.41) is 0.345. The summed E-state index contributed by atoms with van der Waals surface area (Å²) in [4.78, 5) is 10.7. The van der Waals surface area contributed by atoms with E-state index in [1.807, 2.05) is 0 Å². The third-order valence-electron chi connectivity index (χ3n) is 1.03. The first-order valence-electron chi connectivity index (χ1n) is 3.21. The molecule has 0 saturated carbocycles. The van der Waals surface area contributed by atoms with Gasteiger partial charge >= 0.3 is 5.97 Å². The van der Waals surface area contributed by atoms with E-state index in [-0.39, 0.29) is 6.61 Å². The predicted molar refractivity (Wildman–Crippen MR) is 44.2 cm³/mol. The van der Waals surface area contributed by atoms with E-state index in [9.17, 15) is 9.18 Å². The van der Waals surface area contributed by atoms with Crippen molar-refractivity contribution in [2.24, 2.45) is 0 Å². The SMILES string of the molecule is CCOC(=O)/C(F)=C(/C)CBr. The fourth-order valence-corrected chi connectivity index (χ4v) is 0.674. The van der Waals surface area contributed by atoms with E-state index in [4.69, 9.17) is 0 Å². The number of carbonyl (C=O) groups is 1. The van der Waals surface area contributed by atoms with Crippen LogP contribution in [0.5, 0.6) is 0 Å². The van der Waals surface area contributed by atoms with Gasteiger partial charge in [0.1, 0.15) is 0 Å². The summed E-state index contributed by atoms with van der Waals surface area (Å²) in [6, 6.07) is 0. The number of rotatable bonds is 3. The molecule has 0 saturated heterocycles. The lowest BCUT2D eigenvalue weighted by atomic mass is 10.3. The van der Waals surface area contributed by atoms with Gasteiger partial charge < -0.3 is 4.74 Å². The van der Waals surface area contributed by atoms with Gasteiger partial charge in [0.2, 0.25) is 5.83 Å². The van der Waals surface area contributed by atoms with Gasteiger partial charge in [-0.2, -0.15) is 4.39 Å². The highest BCUT2D eigenvalue weighted by molar-refractivity contribution is 9.09. The lowest BCUT2D eigenvalue weighted by Gasteiger charge is -2.00. The van der Waals surface area contributed by atoms with Crippen molar-refractivity contribution in [3.63, 3.8) is 0 Å². The molecule has 0 amide bonds. The third kappa shape index (κ3) is 3.51. The van der Waals surface area contributed by atoms with Crippen LogP contribution in [0.2, 0.25) is 0 Å². The number of hydrogen-bond donors (Lipinski definition) is 0. The predicted octanol–water partition coefficient (Wildman–Crippen LogP) is 2.19. The number of carbonyl (C=O) groups excluding carboxylic acids is 1. The number of hydrogen-bond acceptors (Lipinski definition) is 2. The first-order chi connectivity index (χ1) is 5.13. The molecule has 4 heteroatoms. The lowest BCUT2D eigenvalue weighted by Crippen LogP contribution is -2.06. The Balaban J connectivity index is 4.22. The summed E-state index contributed by atoms with van der Waals surface area (Å²) in [5.74, 6) is -1.69. The Hall–Kier alpha value is -0.380. The van der Waals surface area contributed by atoms with Crippen molar-refractivity contribution in [3.05, 3.63) is 11.4 Å². The van der Waals surface area contributed by atoms with Crippen molar-refractivity contribution in [3.8, 4) is 0 Å². The van der Waals surface area contributed by atoms with Crippen LogP contribution in [-0.2, 0) is 9.53 Å². The smallest absolute Gasteiger partial charge is 0.367 e. The second kappa shape index (κ2) is 5.29. The van der Waals surface area contributed by atoms with Crippen LogP contribution in [0, 0.1) is 0 Å². The molecule has 0 aromatic carbocycles. The number of alkyl halides is 1. The molecule has 0 heterocycles. The van der Waals surface area contributed by atoms with Gasteiger partial charge in [0.25, 0.3) is 0 Å². The molecule has 0 radical (unpaired) electrons. The van der Waals surface area contributed by atoms with Crippen molar-refractivity contribution in [1.82, 2.24) is 0 Å². The van der Waals surface area contributed by atoms with Gasteiger partial charge in [-0.15, -0.1) is 0 Å². The minimum Gasteiger partial charge on any atom is -0.461 e. The minimum absolute atomic E-state index is 0.196. The Morgan fingerprint density at radius 2 is 2.18 bits per heavy atom. The average Bonchev–Trinajstić information content (AvgIpc) is 2.02. The van der Waals surface area contributed by atoms with E-state index < -0.39 is 11.8 Å². The summed E-state index contributed by atoms with van der Waals surface area (Å²) < 4.78 is 17.2. The Bertz CT molecular complexity index is 177. The molecule has 0 spiro atoms. The van der Waals surface area contributed by atoms with Crippen LogP contribution in [0.4, 0.5) is 4.39 Å². The molecule has 0 atom stereocenters. The van der Waals surface area contributed by atoms with E-state index in [1.54, 1.807) is 6.92 Å². The fraction of sp³-hybridized carbons (Fsp3) is 0.571. The normalized spacial score (nSPS) is 12.4. The molecule has 0 aliphatic rings. The van der Waals surface area contributed by atoms with Crippen LogP contribution in [0.3, 0.4) is 0 Å². The van der Waals surface area contributed by atoms with Crippen molar-refractivity contribution in [1.29, 1.82) is 0 Å². The molecular formula is C7H10BrFO2. The maximum Gasteiger partial charge on any atom is 0.367 e. The van der Waals surface area contributed by atoms with Gasteiger partial charge in [-0.25, -0.2) is 4.79 Å². The first-order valence-corrected chi connectivity index (χ1v) is 4.34. The minimum atomic E-state index is -0.885. The van der Waals surface area contributed by atoms with E-state index >= 15 is 0 Å². The zero-order valence-electron chi connectivity index (χ0n) is 6.49. The summed E-state index contributed by atoms with van der Waals surface area (Å²) in [6.07, 6.45) is 0. The summed E-state index contributed by atoms with van der Waals surface area (Å²) in [6.45, 7) is 3.36. The summed E-state index contributed by atoms with van der Waals surface area (Å²) in [5.41, 5.74) is 0.350. The molecule has 0 unspecified atom stereocenters.